The van der Waals surface area contributed by atoms with Crippen molar-refractivity contribution in [2.75, 3.05) is 6.54 Å². The number of aryl methyl sites for hydroxylation is 1. The van der Waals surface area contributed by atoms with Gasteiger partial charge >= 0.3 is 0 Å². The fourth-order valence-electron chi connectivity index (χ4n) is 3.42. The van der Waals surface area contributed by atoms with Crippen LogP contribution in [0, 0.1) is 0 Å². The lowest BCUT2D eigenvalue weighted by Gasteiger charge is -2.14. The Morgan fingerprint density at radius 3 is 2.81 bits per heavy atom. The molecule has 0 fully saturated rings. The third-order valence-electron chi connectivity index (χ3n) is 4.71. The summed E-state index contributed by atoms with van der Waals surface area (Å²) < 4.78 is 3.77. The normalized spacial score (nSPS) is 13.7. The van der Waals surface area contributed by atoms with Crippen LogP contribution in [0.1, 0.15) is 10.5 Å². The van der Waals surface area contributed by atoms with Gasteiger partial charge in [-0.1, -0.05) is 0 Å². The molecular weight excluding hydrogens is 328 g/mol. The Kier molecular flexibility index (Phi) is 3.15. The maximum Gasteiger partial charge on any atom is 0.267 e. The molecule has 26 heavy (non-hydrogen) atoms. The minimum atomic E-state index is -0.0324. The zero-order valence-electron chi connectivity index (χ0n) is 14.2. The molecule has 5 rings (SSSR count). The summed E-state index contributed by atoms with van der Waals surface area (Å²) in [6.07, 6.45) is 9.37. The number of aromatic nitrogens is 5. The quantitative estimate of drug-likeness (QED) is 0.605. The largest absolute Gasteiger partial charge is 0.349 e. The minimum absolute atomic E-state index is 0.0324. The molecule has 1 aliphatic rings. The number of carbonyl (C=O) groups is 1. The lowest BCUT2D eigenvalue weighted by atomic mass is 10.0. The summed E-state index contributed by atoms with van der Waals surface area (Å²) in [7, 11) is 1.89. The highest BCUT2D eigenvalue weighted by Gasteiger charge is 2.19. The molecule has 7 nitrogen and oxygen atoms in total. The lowest BCUT2D eigenvalue weighted by Crippen LogP contribution is -2.34. The SMILES string of the molecule is Cn1cc(-c2cnc3nccc(-c4cc5n(c4)CCNC5=O)c3c2)cn1. The van der Waals surface area contributed by atoms with E-state index >= 15 is 0 Å². The number of hydrogen-bond donors (Lipinski definition) is 1. The van der Waals surface area contributed by atoms with Gasteiger partial charge in [-0.3, -0.25) is 9.48 Å². The molecule has 1 N–H and O–H groups in total. The van der Waals surface area contributed by atoms with Crippen LogP contribution in [0.2, 0.25) is 0 Å². The molecule has 0 aromatic carbocycles. The van der Waals surface area contributed by atoms with E-state index in [0.717, 1.165) is 34.2 Å². The number of rotatable bonds is 2. The molecule has 0 saturated carbocycles. The van der Waals surface area contributed by atoms with Crippen LogP contribution in [-0.4, -0.2) is 36.8 Å². The number of pyridine rings is 2. The standard InChI is InChI=1S/C19H16N6O/c1-24-10-14(9-23-24)12-6-16-15(2-3-20-18(16)22-8-12)13-7-17-19(26)21-4-5-25(17)11-13/h2-3,6-11H,4-5H2,1H3,(H,21,26). The van der Waals surface area contributed by atoms with Crippen LogP contribution in [-0.2, 0) is 13.6 Å². The van der Waals surface area contributed by atoms with Gasteiger partial charge in [0, 0.05) is 67.0 Å². The molecule has 0 spiro atoms. The van der Waals surface area contributed by atoms with E-state index in [-0.39, 0.29) is 5.91 Å². The second-order valence-corrected chi connectivity index (χ2v) is 6.42. The molecule has 4 aromatic heterocycles. The van der Waals surface area contributed by atoms with Crippen molar-refractivity contribution in [2.45, 2.75) is 6.54 Å². The van der Waals surface area contributed by atoms with Gasteiger partial charge in [0.1, 0.15) is 5.69 Å². The summed E-state index contributed by atoms with van der Waals surface area (Å²) in [6, 6.07) is 5.98. The first-order valence-electron chi connectivity index (χ1n) is 8.41. The van der Waals surface area contributed by atoms with E-state index in [1.807, 2.05) is 48.5 Å². The van der Waals surface area contributed by atoms with Crippen molar-refractivity contribution in [3.8, 4) is 22.3 Å². The predicted octanol–water partition coefficient (Wildman–Crippen LogP) is 2.24. The van der Waals surface area contributed by atoms with Gasteiger partial charge in [0.2, 0.25) is 0 Å². The van der Waals surface area contributed by atoms with Gasteiger partial charge < -0.3 is 9.88 Å². The number of carbonyl (C=O) groups excluding carboxylic acids is 1. The Balaban J connectivity index is 1.69. The summed E-state index contributed by atoms with van der Waals surface area (Å²) in [4.78, 5) is 21.0. The highest BCUT2D eigenvalue weighted by Crippen LogP contribution is 2.31. The molecule has 5 heterocycles. The highest BCUT2D eigenvalue weighted by atomic mass is 16.2. The molecule has 7 heteroatoms. The van der Waals surface area contributed by atoms with E-state index in [4.69, 9.17) is 0 Å². The third-order valence-corrected chi connectivity index (χ3v) is 4.71. The average molecular weight is 344 g/mol. The van der Waals surface area contributed by atoms with Gasteiger partial charge in [0.05, 0.1) is 6.20 Å². The summed E-state index contributed by atoms with van der Waals surface area (Å²) >= 11 is 0. The smallest absolute Gasteiger partial charge is 0.267 e. The summed E-state index contributed by atoms with van der Waals surface area (Å²) in [5.41, 5.74) is 5.38. The van der Waals surface area contributed by atoms with Crippen molar-refractivity contribution in [2.24, 2.45) is 7.05 Å². The van der Waals surface area contributed by atoms with Gasteiger partial charge in [-0.05, 0) is 23.8 Å². The topological polar surface area (TPSA) is 77.6 Å². The molecular formula is C19H16N6O. The van der Waals surface area contributed by atoms with Crippen LogP contribution in [0.4, 0.5) is 0 Å². The van der Waals surface area contributed by atoms with E-state index in [1.54, 1.807) is 10.9 Å². The third kappa shape index (κ3) is 2.28. The summed E-state index contributed by atoms with van der Waals surface area (Å²) in [5.74, 6) is -0.0324. The number of nitrogens with zero attached hydrogens (tertiary/aromatic N) is 5. The average Bonchev–Trinajstić information content (AvgIpc) is 3.28. The second kappa shape index (κ2) is 5.52. The molecule has 0 saturated heterocycles. The van der Waals surface area contributed by atoms with Crippen molar-refractivity contribution < 1.29 is 4.79 Å². The first-order valence-corrected chi connectivity index (χ1v) is 8.41. The van der Waals surface area contributed by atoms with E-state index < -0.39 is 0 Å². The van der Waals surface area contributed by atoms with Crippen LogP contribution < -0.4 is 5.32 Å². The van der Waals surface area contributed by atoms with Crippen LogP contribution in [0.3, 0.4) is 0 Å². The molecule has 4 aromatic rings. The Bertz CT molecular complexity index is 1160. The van der Waals surface area contributed by atoms with Crippen LogP contribution in [0.5, 0.6) is 0 Å². The molecule has 0 atom stereocenters. The van der Waals surface area contributed by atoms with Gasteiger partial charge in [-0.15, -0.1) is 0 Å². The summed E-state index contributed by atoms with van der Waals surface area (Å²) in [5, 5.41) is 8.07. The molecule has 1 aliphatic heterocycles. The van der Waals surface area contributed by atoms with Crippen molar-refractivity contribution in [1.29, 1.82) is 0 Å². The Morgan fingerprint density at radius 1 is 1.08 bits per heavy atom. The van der Waals surface area contributed by atoms with Gasteiger partial charge in [-0.2, -0.15) is 5.10 Å². The maximum absolute atomic E-state index is 12.1. The van der Waals surface area contributed by atoms with Crippen molar-refractivity contribution in [3.05, 3.63) is 54.9 Å². The van der Waals surface area contributed by atoms with Gasteiger partial charge in [0.15, 0.2) is 5.65 Å². The number of nitrogens with one attached hydrogen (secondary N) is 1. The monoisotopic (exact) mass is 344 g/mol. The van der Waals surface area contributed by atoms with Crippen LogP contribution >= 0.6 is 0 Å². The molecule has 0 aliphatic carbocycles. The zero-order chi connectivity index (χ0) is 17.7. The fourth-order valence-corrected chi connectivity index (χ4v) is 3.42. The number of amides is 1. The Morgan fingerprint density at radius 2 is 2.00 bits per heavy atom. The Labute approximate surface area is 149 Å². The van der Waals surface area contributed by atoms with Crippen molar-refractivity contribution in [1.82, 2.24) is 29.6 Å². The zero-order valence-corrected chi connectivity index (χ0v) is 14.2. The van der Waals surface area contributed by atoms with Crippen LogP contribution in [0.15, 0.2) is 49.2 Å². The first-order chi connectivity index (χ1) is 12.7. The highest BCUT2D eigenvalue weighted by molar-refractivity contribution is 5.98. The van der Waals surface area contributed by atoms with E-state index in [2.05, 4.69) is 26.4 Å². The number of hydrogen-bond acceptors (Lipinski definition) is 4. The summed E-state index contributed by atoms with van der Waals surface area (Å²) in [6.45, 7) is 1.44. The van der Waals surface area contributed by atoms with E-state index in [9.17, 15) is 4.79 Å². The molecule has 1 amide bonds. The molecule has 0 unspecified atom stereocenters. The van der Waals surface area contributed by atoms with Crippen molar-refractivity contribution in [3.63, 3.8) is 0 Å². The maximum atomic E-state index is 12.1. The molecule has 0 radical (unpaired) electrons. The first kappa shape index (κ1) is 14.8. The minimum Gasteiger partial charge on any atom is -0.349 e. The van der Waals surface area contributed by atoms with E-state index in [1.165, 1.54) is 0 Å². The number of fused-ring (bicyclic) bond motifs is 2. The Hall–Kier alpha value is -3.48. The lowest BCUT2D eigenvalue weighted by molar-refractivity contribution is 0.0928. The second-order valence-electron chi connectivity index (χ2n) is 6.42. The predicted molar refractivity (Wildman–Crippen MR) is 97.5 cm³/mol. The van der Waals surface area contributed by atoms with Gasteiger partial charge in [0.25, 0.3) is 5.91 Å². The van der Waals surface area contributed by atoms with Crippen LogP contribution in [0.25, 0.3) is 33.3 Å². The van der Waals surface area contributed by atoms with Crippen molar-refractivity contribution >= 4 is 16.9 Å². The molecule has 128 valence electrons. The van der Waals surface area contributed by atoms with Gasteiger partial charge in [-0.25, -0.2) is 9.97 Å². The van der Waals surface area contributed by atoms with E-state index in [0.29, 0.717) is 17.9 Å². The molecule has 0 bridgehead atoms. The fraction of sp³-hybridized carbons (Fsp3) is 0.158.